The van der Waals surface area contributed by atoms with Crippen molar-refractivity contribution in [2.24, 2.45) is 0 Å². The van der Waals surface area contributed by atoms with E-state index in [4.69, 9.17) is 0 Å². The van der Waals surface area contributed by atoms with Gasteiger partial charge in [0.2, 0.25) is 0 Å². The summed E-state index contributed by atoms with van der Waals surface area (Å²) < 4.78 is 26.2. The molecule has 0 aromatic heterocycles. The van der Waals surface area contributed by atoms with Crippen molar-refractivity contribution in [3.8, 4) is 5.75 Å². The average Bonchev–Trinajstić information content (AvgIpc) is 2.03. The van der Waals surface area contributed by atoms with E-state index in [2.05, 4.69) is 10.2 Å². The monoisotopic (exact) mass is 204 g/mol. The number of rotatable bonds is 2. The number of benzene rings is 1. The second kappa shape index (κ2) is 3.43. The summed E-state index contributed by atoms with van der Waals surface area (Å²) >= 11 is 0. The van der Waals surface area contributed by atoms with E-state index in [0.717, 1.165) is 5.56 Å². The molecule has 1 unspecified atom stereocenters. The first-order valence-corrected chi connectivity index (χ1v) is 4.86. The summed E-state index contributed by atoms with van der Waals surface area (Å²) in [6, 6.07) is 4.17. The predicted molar refractivity (Wildman–Crippen MR) is 43.8 cm³/mol. The standard InChI is InChI=1S/C7H9NO4S/c1-5-2-3-7(6(9)4-5)13(10,11)12-8/h2-4H,1,8H3/q+1/p+1. The van der Waals surface area contributed by atoms with E-state index in [9.17, 15) is 13.9 Å². The van der Waals surface area contributed by atoms with Crippen molar-refractivity contribution in [1.82, 2.24) is 0 Å². The molecule has 1 atom stereocenters. The fourth-order valence-electron chi connectivity index (χ4n) is 0.902. The Kier molecular flexibility index (Phi) is 2.67. The zero-order valence-corrected chi connectivity index (χ0v) is 7.84. The van der Waals surface area contributed by atoms with Gasteiger partial charge in [-0.3, -0.25) is 0 Å². The van der Waals surface area contributed by atoms with E-state index in [1.807, 2.05) is 0 Å². The third-order valence-corrected chi connectivity index (χ3v) is 2.73. The number of quaternary nitrogens is 1. The van der Waals surface area contributed by atoms with Crippen molar-refractivity contribution in [2.75, 3.05) is 0 Å². The van der Waals surface area contributed by atoms with Crippen LogP contribution in [0.2, 0.25) is 0 Å². The van der Waals surface area contributed by atoms with Gasteiger partial charge < -0.3 is 5.11 Å². The lowest BCUT2D eigenvalue weighted by atomic mass is 10.2. The quantitative estimate of drug-likeness (QED) is 0.524. The van der Waals surface area contributed by atoms with E-state index in [1.54, 1.807) is 13.0 Å². The van der Waals surface area contributed by atoms with Gasteiger partial charge in [-0.05, 0) is 22.8 Å². The third-order valence-electron chi connectivity index (χ3n) is 1.54. The highest BCUT2D eigenvalue weighted by atomic mass is 32.3. The first-order chi connectivity index (χ1) is 5.97. The van der Waals surface area contributed by atoms with Gasteiger partial charge in [0.1, 0.15) is 0 Å². The van der Waals surface area contributed by atoms with Crippen LogP contribution in [0, 0.1) is 6.92 Å². The molecule has 1 rings (SSSR count). The van der Waals surface area contributed by atoms with Crippen molar-refractivity contribution in [3.63, 3.8) is 0 Å². The summed E-state index contributed by atoms with van der Waals surface area (Å²) in [5, 5.41) is 9.27. The van der Waals surface area contributed by atoms with Crippen LogP contribution in [0.5, 0.6) is 5.75 Å². The topological polar surface area (TPSA) is 94.1 Å². The van der Waals surface area contributed by atoms with Gasteiger partial charge in [-0.15, -0.1) is 0 Å². The second-order valence-corrected chi connectivity index (χ2v) is 4.13. The van der Waals surface area contributed by atoms with Crippen molar-refractivity contribution in [3.05, 3.63) is 23.8 Å². The fourth-order valence-corrected chi connectivity index (χ4v) is 1.58. The van der Waals surface area contributed by atoms with Crippen molar-refractivity contribution >= 4 is 10.5 Å². The highest BCUT2D eigenvalue weighted by molar-refractivity contribution is 7.92. The smallest absolute Gasteiger partial charge is 0.486 e. The van der Waals surface area contributed by atoms with Crippen molar-refractivity contribution in [1.29, 1.82) is 0 Å². The van der Waals surface area contributed by atoms with Gasteiger partial charge in [-0.25, -0.2) is 0 Å². The average molecular weight is 204 g/mol. The summed E-state index contributed by atoms with van der Waals surface area (Å²) in [7, 11) is -3.91. The van der Waals surface area contributed by atoms with Gasteiger partial charge in [0.25, 0.3) is 4.90 Å². The molecule has 0 aliphatic rings. The molecule has 5 nitrogen and oxygen atoms in total. The maximum Gasteiger partial charge on any atom is 0.486 e. The molecule has 1 radical (unpaired) electrons. The summed E-state index contributed by atoms with van der Waals surface area (Å²) in [4.78, 5) is -0.270. The lowest BCUT2D eigenvalue weighted by molar-refractivity contribution is -0.637. The lowest BCUT2D eigenvalue weighted by Gasteiger charge is -1.98. The van der Waals surface area contributed by atoms with E-state index < -0.39 is 10.5 Å². The Bertz CT molecular complexity index is 366. The molecule has 0 spiro atoms. The van der Waals surface area contributed by atoms with Crippen LogP contribution < -0.4 is 5.90 Å². The van der Waals surface area contributed by atoms with E-state index >= 15 is 0 Å². The number of hydrogen-bond donors (Lipinski definition) is 2. The molecule has 0 bridgehead atoms. The first kappa shape index (κ1) is 10.1. The maximum atomic E-state index is 11.1. The summed E-state index contributed by atoms with van der Waals surface area (Å²) in [5.41, 5.74) is 0.764. The Morgan fingerprint density at radius 3 is 2.62 bits per heavy atom. The first-order valence-electron chi connectivity index (χ1n) is 3.45. The van der Waals surface area contributed by atoms with Crippen LogP contribution in [0.3, 0.4) is 0 Å². The van der Waals surface area contributed by atoms with Crippen molar-refractivity contribution < 1.29 is 24.0 Å². The summed E-state index contributed by atoms with van der Waals surface area (Å²) in [6.07, 6.45) is 0. The maximum absolute atomic E-state index is 11.1. The number of aromatic hydroxyl groups is 1. The van der Waals surface area contributed by atoms with Crippen LogP contribution >= 0.6 is 0 Å². The van der Waals surface area contributed by atoms with E-state index in [0.29, 0.717) is 0 Å². The molecular formula is C7H10NO4S+2. The van der Waals surface area contributed by atoms with E-state index in [-0.39, 0.29) is 10.6 Å². The number of hydrogen-bond acceptors (Lipinski definition) is 3. The SMILES string of the molecule is Cc1ccc([S+]([O])(=O)O[NH3+])c(O)c1. The molecule has 0 fully saturated rings. The molecule has 71 valence electrons. The molecule has 0 aliphatic carbocycles. The minimum absolute atomic E-state index is 0.270. The van der Waals surface area contributed by atoms with Gasteiger partial charge in [0.15, 0.2) is 5.75 Å². The van der Waals surface area contributed by atoms with Gasteiger partial charge >= 0.3 is 10.5 Å². The van der Waals surface area contributed by atoms with Gasteiger partial charge in [-0.2, -0.15) is 5.90 Å². The molecule has 0 amide bonds. The number of phenolic OH excluding ortho intramolecular Hbond substituents is 1. The largest absolute Gasteiger partial charge is 0.503 e. The van der Waals surface area contributed by atoms with Crippen LogP contribution in [0.4, 0.5) is 0 Å². The Balaban J connectivity index is 3.24. The zero-order chi connectivity index (χ0) is 10.1. The Morgan fingerprint density at radius 1 is 1.54 bits per heavy atom. The molecule has 0 aliphatic heterocycles. The molecule has 1 aromatic carbocycles. The highest BCUT2D eigenvalue weighted by Crippen LogP contribution is 2.27. The molecule has 6 heteroatoms. The van der Waals surface area contributed by atoms with E-state index in [1.165, 1.54) is 12.1 Å². The lowest BCUT2D eigenvalue weighted by Crippen LogP contribution is -2.52. The Morgan fingerprint density at radius 2 is 2.15 bits per heavy atom. The van der Waals surface area contributed by atoms with Crippen LogP contribution in [0.25, 0.3) is 0 Å². The zero-order valence-electron chi connectivity index (χ0n) is 7.02. The third kappa shape index (κ3) is 2.04. The summed E-state index contributed by atoms with van der Waals surface area (Å²) in [6.45, 7) is 1.74. The number of phenols is 1. The molecule has 1 aromatic rings. The molecule has 13 heavy (non-hydrogen) atoms. The van der Waals surface area contributed by atoms with Crippen LogP contribution in [0.15, 0.2) is 23.1 Å². The molecule has 0 heterocycles. The summed E-state index contributed by atoms with van der Waals surface area (Å²) in [5.74, 6) is 2.47. The highest BCUT2D eigenvalue weighted by Gasteiger charge is 2.40. The van der Waals surface area contributed by atoms with Crippen LogP contribution in [-0.2, 0) is 23.5 Å². The van der Waals surface area contributed by atoms with Crippen molar-refractivity contribution in [2.45, 2.75) is 11.8 Å². The van der Waals surface area contributed by atoms with Crippen LogP contribution in [0.1, 0.15) is 5.56 Å². The number of aryl methyl sites for hydroxylation is 1. The molecule has 4 N–H and O–H groups in total. The normalized spacial score (nSPS) is 15.3. The van der Waals surface area contributed by atoms with Gasteiger partial charge in [-0.1, -0.05) is 6.07 Å². The molecule has 0 saturated carbocycles. The second-order valence-electron chi connectivity index (χ2n) is 2.54. The minimum atomic E-state index is -3.91. The molecule has 0 saturated heterocycles. The van der Waals surface area contributed by atoms with Gasteiger partial charge in [0, 0.05) is 6.07 Å². The van der Waals surface area contributed by atoms with Crippen LogP contribution in [-0.4, -0.2) is 5.11 Å². The predicted octanol–water partition coefficient (Wildman–Crippen LogP) is -0.00698. The minimum Gasteiger partial charge on any atom is -0.503 e. The van der Waals surface area contributed by atoms with Gasteiger partial charge in [0.05, 0.1) is 8.84 Å². The fraction of sp³-hybridized carbons (Fsp3) is 0.143. The Labute approximate surface area is 76.6 Å². The molecular weight excluding hydrogens is 194 g/mol. The Hall–Kier alpha value is -0.950.